The van der Waals surface area contributed by atoms with Crippen molar-refractivity contribution < 1.29 is 80.2 Å². The van der Waals surface area contributed by atoms with Crippen LogP contribution in [0.4, 0.5) is 0 Å². The van der Waals surface area contributed by atoms with Gasteiger partial charge in [0.2, 0.25) is 0 Å². The lowest BCUT2D eigenvalue weighted by Crippen LogP contribution is -2.30. The van der Waals surface area contributed by atoms with E-state index < -0.39 is 97.5 Å². The van der Waals surface area contributed by atoms with E-state index in [9.17, 15) is 43.2 Å². The third-order valence-electron chi connectivity index (χ3n) is 17.4. The van der Waals surface area contributed by atoms with Crippen LogP contribution >= 0.6 is 15.6 Å². The quantitative estimate of drug-likeness (QED) is 0.0222. The highest BCUT2D eigenvalue weighted by Crippen LogP contribution is 2.45. The van der Waals surface area contributed by atoms with Crippen molar-refractivity contribution in [1.82, 2.24) is 0 Å². The number of aliphatic hydroxyl groups is 1. The third kappa shape index (κ3) is 68.4. The number of unbranched alkanes of at least 4 members (excludes halogenated alkanes) is 49. The fourth-order valence-electron chi connectivity index (χ4n) is 11.4. The lowest BCUT2D eigenvalue weighted by Gasteiger charge is -2.21. The van der Waals surface area contributed by atoms with E-state index in [2.05, 4.69) is 27.7 Å². The normalized spacial score (nSPS) is 13.9. The largest absolute Gasteiger partial charge is 0.472 e. The van der Waals surface area contributed by atoms with Crippen LogP contribution in [0, 0.1) is 0 Å². The maximum Gasteiger partial charge on any atom is 0.472 e. The van der Waals surface area contributed by atoms with Gasteiger partial charge in [0.25, 0.3) is 0 Å². The number of hydrogen-bond donors (Lipinski definition) is 3. The molecule has 0 fully saturated rings. The van der Waals surface area contributed by atoms with Crippen molar-refractivity contribution >= 4 is 39.5 Å². The van der Waals surface area contributed by atoms with Crippen LogP contribution < -0.4 is 0 Å². The van der Waals surface area contributed by atoms with Gasteiger partial charge >= 0.3 is 39.5 Å². The second kappa shape index (κ2) is 68.6. The van der Waals surface area contributed by atoms with E-state index in [4.69, 9.17) is 37.0 Å². The summed E-state index contributed by atoms with van der Waals surface area (Å²) in [4.78, 5) is 72.7. The summed E-state index contributed by atoms with van der Waals surface area (Å²) < 4.78 is 68.4. The van der Waals surface area contributed by atoms with E-state index in [1.54, 1.807) is 0 Å². The Hall–Kier alpha value is -1.94. The number of aliphatic hydroxyl groups excluding tert-OH is 1. The van der Waals surface area contributed by atoms with Crippen LogP contribution in [0.15, 0.2) is 0 Å². The SMILES string of the molecule is CCCCCCCCCCCCCCCCCCCCCC(=O)O[C@H](COC(=O)CCCCCCCCCCCCCC)COP(=O)(O)OC[C@@H](O)COP(=O)(O)OC[C@@H](COC(=O)CCCCCCCCCCCC)OC(=O)CCCCCCCCCCCCCC. The van der Waals surface area contributed by atoms with Crippen LogP contribution in [0.3, 0.4) is 0 Å². The molecule has 17 nitrogen and oxygen atoms in total. The molecule has 0 heterocycles. The average Bonchev–Trinajstić information content (AvgIpc) is 3.74. The van der Waals surface area contributed by atoms with Crippen molar-refractivity contribution in [2.24, 2.45) is 0 Å². The van der Waals surface area contributed by atoms with Gasteiger partial charge < -0.3 is 33.8 Å². The number of carbonyl (C=O) groups is 4. The van der Waals surface area contributed by atoms with Gasteiger partial charge in [-0.3, -0.25) is 37.3 Å². The van der Waals surface area contributed by atoms with Gasteiger partial charge in [-0.1, -0.05) is 342 Å². The molecule has 5 atom stereocenters. The van der Waals surface area contributed by atoms with Gasteiger partial charge in [-0.25, -0.2) is 9.13 Å². The highest BCUT2D eigenvalue weighted by atomic mass is 31.2. The number of rotatable bonds is 75. The Balaban J connectivity index is 5.21. The first-order valence-electron chi connectivity index (χ1n) is 38.8. The Morgan fingerprint density at radius 3 is 0.634 bits per heavy atom. The standard InChI is InChI=1S/C74H144O17P2/c1-5-9-13-17-21-25-29-32-33-34-35-36-37-38-41-45-49-53-57-61-74(79)91-70(65-85-72(77)59-55-51-47-43-39-30-26-22-18-14-10-6-2)67-89-93(82,83)87-63-68(75)62-86-92(80,81)88-66-69(64-84-71(76)58-54-50-46-42-28-24-20-16-12-8-4)90-73(78)60-56-52-48-44-40-31-27-23-19-15-11-7-3/h68-70,75H,5-67H2,1-4H3,(H,80,81)(H,82,83)/t68-,69+,70+/m0/s1. The number of ether oxygens (including phenoxy) is 4. The Morgan fingerprint density at radius 1 is 0.258 bits per heavy atom. The predicted molar refractivity (Wildman–Crippen MR) is 377 cm³/mol. The minimum Gasteiger partial charge on any atom is -0.462 e. The second-order valence-electron chi connectivity index (χ2n) is 26.7. The van der Waals surface area contributed by atoms with Crippen molar-refractivity contribution in [3.63, 3.8) is 0 Å². The molecule has 0 spiro atoms. The zero-order valence-corrected chi connectivity index (χ0v) is 62.0. The monoisotopic (exact) mass is 1370 g/mol. The van der Waals surface area contributed by atoms with Gasteiger partial charge in [-0.15, -0.1) is 0 Å². The maximum absolute atomic E-state index is 13.1. The van der Waals surface area contributed by atoms with E-state index in [1.807, 2.05) is 0 Å². The molecule has 0 saturated carbocycles. The van der Waals surface area contributed by atoms with Crippen molar-refractivity contribution in [3.05, 3.63) is 0 Å². The predicted octanol–water partition coefficient (Wildman–Crippen LogP) is 21.8. The van der Waals surface area contributed by atoms with Crippen LogP contribution in [0.2, 0.25) is 0 Å². The van der Waals surface area contributed by atoms with Gasteiger partial charge in [-0.2, -0.15) is 0 Å². The van der Waals surface area contributed by atoms with Crippen LogP contribution in [-0.2, 0) is 65.4 Å². The molecule has 0 aliphatic carbocycles. The summed E-state index contributed by atoms with van der Waals surface area (Å²) >= 11 is 0. The van der Waals surface area contributed by atoms with Crippen LogP contribution in [-0.4, -0.2) is 96.7 Å². The summed E-state index contributed by atoms with van der Waals surface area (Å²) in [5.41, 5.74) is 0. The molecule has 0 aromatic rings. The van der Waals surface area contributed by atoms with Gasteiger partial charge in [-0.05, 0) is 25.7 Å². The zero-order chi connectivity index (χ0) is 68.2. The zero-order valence-electron chi connectivity index (χ0n) is 60.2. The van der Waals surface area contributed by atoms with Gasteiger partial charge in [0.05, 0.1) is 26.4 Å². The van der Waals surface area contributed by atoms with E-state index in [0.29, 0.717) is 25.7 Å². The first kappa shape index (κ1) is 91.1. The summed E-state index contributed by atoms with van der Waals surface area (Å²) in [6.07, 6.45) is 58.1. The van der Waals surface area contributed by atoms with Crippen LogP contribution in [0.5, 0.6) is 0 Å². The highest BCUT2D eigenvalue weighted by Gasteiger charge is 2.30. The minimum absolute atomic E-state index is 0.108. The summed E-state index contributed by atoms with van der Waals surface area (Å²) in [6, 6.07) is 0. The molecule has 2 unspecified atom stereocenters. The maximum atomic E-state index is 13.1. The molecule has 0 saturated heterocycles. The second-order valence-corrected chi connectivity index (χ2v) is 29.6. The Morgan fingerprint density at radius 2 is 0.430 bits per heavy atom. The van der Waals surface area contributed by atoms with E-state index in [0.717, 1.165) is 89.9 Å². The van der Waals surface area contributed by atoms with Crippen molar-refractivity contribution in [2.75, 3.05) is 39.6 Å². The Bertz CT molecular complexity index is 1770. The van der Waals surface area contributed by atoms with Crippen LogP contribution in [0.25, 0.3) is 0 Å². The molecule has 93 heavy (non-hydrogen) atoms. The molecule has 19 heteroatoms. The van der Waals surface area contributed by atoms with Crippen LogP contribution in [0.1, 0.15) is 394 Å². The molecule has 0 aromatic carbocycles. The number of esters is 4. The fourth-order valence-corrected chi connectivity index (χ4v) is 13.0. The molecular formula is C74H144O17P2. The van der Waals surface area contributed by atoms with Crippen molar-refractivity contribution in [3.8, 4) is 0 Å². The lowest BCUT2D eigenvalue weighted by molar-refractivity contribution is -0.161. The molecule has 552 valence electrons. The van der Waals surface area contributed by atoms with E-state index in [1.165, 1.54) is 225 Å². The van der Waals surface area contributed by atoms with Gasteiger partial charge in [0.15, 0.2) is 12.2 Å². The lowest BCUT2D eigenvalue weighted by atomic mass is 10.0. The molecule has 0 bridgehead atoms. The van der Waals surface area contributed by atoms with Gasteiger partial charge in [0, 0.05) is 25.7 Å². The smallest absolute Gasteiger partial charge is 0.462 e. The number of carbonyl (C=O) groups excluding carboxylic acids is 4. The summed E-state index contributed by atoms with van der Waals surface area (Å²) in [6.45, 7) is 4.97. The minimum atomic E-state index is -4.95. The summed E-state index contributed by atoms with van der Waals surface area (Å²) in [5, 5.41) is 10.6. The number of phosphoric ester groups is 2. The third-order valence-corrected chi connectivity index (χ3v) is 19.3. The average molecular weight is 1370 g/mol. The molecule has 0 aromatic heterocycles. The van der Waals surface area contributed by atoms with Gasteiger partial charge in [0.1, 0.15) is 19.3 Å². The Kier molecular flexibility index (Phi) is 67.1. The highest BCUT2D eigenvalue weighted by molar-refractivity contribution is 7.47. The number of phosphoric acid groups is 2. The molecule has 0 aliphatic heterocycles. The summed E-state index contributed by atoms with van der Waals surface area (Å²) in [7, 11) is -9.90. The van der Waals surface area contributed by atoms with E-state index >= 15 is 0 Å². The molecule has 0 radical (unpaired) electrons. The number of hydrogen-bond acceptors (Lipinski definition) is 15. The molecule has 0 rings (SSSR count). The first-order chi connectivity index (χ1) is 45.2. The fraction of sp³-hybridized carbons (Fsp3) is 0.946. The molecular weight excluding hydrogens is 1220 g/mol. The van der Waals surface area contributed by atoms with Crippen molar-refractivity contribution in [2.45, 2.75) is 412 Å². The molecule has 3 N–H and O–H groups in total. The summed E-state index contributed by atoms with van der Waals surface area (Å²) in [5.74, 6) is -2.11. The topological polar surface area (TPSA) is 237 Å². The van der Waals surface area contributed by atoms with Crippen molar-refractivity contribution in [1.29, 1.82) is 0 Å². The Labute approximate surface area is 568 Å². The molecule has 0 aliphatic rings. The molecule has 0 amide bonds. The first-order valence-corrected chi connectivity index (χ1v) is 41.8. The van der Waals surface area contributed by atoms with E-state index in [-0.39, 0.29) is 25.7 Å².